The predicted molar refractivity (Wildman–Crippen MR) is 68.0 cm³/mol. The van der Waals surface area contributed by atoms with E-state index in [-0.39, 0.29) is 6.54 Å². The van der Waals surface area contributed by atoms with Gasteiger partial charge in [-0.3, -0.25) is 10.1 Å². The van der Waals surface area contributed by atoms with Crippen molar-refractivity contribution in [3.63, 3.8) is 0 Å². The second-order valence-corrected chi connectivity index (χ2v) is 4.39. The average molecular weight is 249 g/mol. The van der Waals surface area contributed by atoms with Gasteiger partial charge < -0.3 is 11.1 Å². The molecule has 3 amide bonds. The standard InChI is InChI=1S/C11H11N3O2S/c12-11(16)14-10(15)6-13-8-1-2-9-7(5-8)3-4-17-9/h1-5,13H,6H2,(H3,12,14,15,16). The first-order chi connectivity index (χ1) is 8.15. The number of hydrogen-bond donors (Lipinski definition) is 3. The topological polar surface area (TPSA) is 84.2 Å². The second kappa shape index (κ2) is 4.84. The third-order valence-corrected chi connectivity index (χ3v) is 3.07. The van der Waals surface area contributed by atoms with E-state index >= 15 is 0 Å². The third-order valence-electron chi connectivity index (χ3n) is 2.17. The zero-order valence-electron chi connectivity index (χ0n) is 8.90. The number of benzene rings is 1. The first-order valence-electron chi connectivity index (χ1n) is 4.95. The summed E-state index contributed by atoms with van der Waals surface area (Å²) in [5.74, 6) is -0.456. The molecule has 0 saturated carbocycles. The minimum absolute atomic E-state index is 0.0125. The molecule has 2 rings (SSSR count). The molecule has 88 valence electrons. The number of thiophene rings is 1. The van der Waals surface area contributed by atoms with E-state index in [2.05, 4.69) is 5.32 Å². The Labute approximate surface area is 102 Å². The molecule has 0 saturated heterocycles. The highest BCUT2D eigenvalue weighted by Crippen LogP contribution is 2.23. The van der Waals surface area contributed by atoms with E-state index in [0.29, 0.717) is 0 Å². The van der Waals surface area contributed by atoms with Gasteiger partial charge in [0.1, 0.15) is 0 Å². The van der Waals surface area contributed by atoms with Crippen LogP contribution in [0.1, 0.15) is 0 Å². The Morgan fingerprint density at radius 3 is 2.88 bits per heavy atom. The zero-order chi connectivity index (χ0) is 12.3. The summed E-state index contributed by atoms with van der Waals surface area (Å²) in [5, 5.41) is 8.03. The van der Waals surface area contributed by atoms with Crippen LogP contribution in [0.5, 0.6) is 0 Å². The summed E-state index contributed by atoms with van der Waals surface area (Å²) in [6.07, 6.45) is 0. The molecule has 6 heteroatoms. The number of amides is 3. The van der Waals surface area contributed by atoms with Gasteiger partial charge in [-0.05, 0) is 35.0 Å². The van der Waals surface area contributed by atoms with Crippen molar-refractivity contribution in [2.75, 3.05) is 11.9 Å². The molecule has 0 aliphatic heterocycles. The van der Waals surface area contributed by atoms with E-state index in [0.717, 1.165) is 11.1 Å². The quantitative estimate of drug-likeness (QED) is 0.770. The Morgan fingerprint density at radius 1 is 1.29 bits per heavy atom. The number of fused-ring (bicyclic) bond motifs is 1. The number of carbonyl (C=O) groups excluding carboxylic acids is 2. The number of urea groups is 1. The summed E-state index contributed by atoms with van der Waals surface area (Å²) in [5.41, 5.74) is 5.65. The molecule has 0 bridgehead atoms. The molecule has 5 nitrogen and oxygen atoms in total. The Hall–Kier alpha value is -2.08. The fourth-order valence-corrected chi connectivity index (χ4v) is 2.21. The summed E-state index contributed by atoms with van der Waals surface area (Å²) in [7, 11) is 0. The van der Waals surface area contributed by atoms with Gasteiger partial charge >= 0.3 is 6.03 Å². The lowest BCUT2D eigenvalue weighted by molar-refractivity contribution is -0.118. The SMILES string of the molecule is NC(=O)NC(=O)CNc1ccc2sccc2c1. The monoisotopic (exact) mass is 249 g/mol. The Morgan fingerprint density at radius 2 is 2.12 bits per heavy atom. The summed E-state index contributed by atoms with van der Waals surface area (Å²) < 4.78 is 1.19. The lowest BCUT2D eigenvalue weighted by Crippen LogP contribution is -2.38. The first-order valence-corrected chi connectivity index (χ1v) is 5.83. The van der Waals surface area contributed by atoms with Gasteiger partial charge in [-0.25, -0.2) is 4.79 Å². The zero-order valence-corrected chi connectivity index (χ0v) is 9.71. The van der Waals surface area contributed by atoms with E-state index in [1.807, 2.05) is 35.0 Å². The molecule has 0 radical (unpaired) electrons. The van der Waals surface area contributed by atoms with Crippen molar-refractivity contribution in [3.8, 4) is 0 Å². The van der Waals surface area contributed by atoms with E-state index in [9.17, 15) is 9.59 Å². The molecule has 2 aromatic rings. The molecule has 0 unspecified atom stereocenters. The summed E-state index contributed by atoms with van der Waals surface area (Å²) in [6.45, 7) is 0.0125. The summed E-state index contributed by atoms with van der Waals surface area (Å²) in [4.78, 5) is 21.6. The van der Waals surface area contributed by atoms with Crippen LogP contribution >= 0.6 is 11.3 Å². The summed E-state index contributed by atoms with van der Waals surface area (Å²) in [6, 6.07) is 6.98. The number of nitrogens with one attached hydrogen (secondary N) is 2. The lowest BCUT2D eigenvalue weighted by atomic mass is 10.2. The van der Waals surface area contributed by atoms with Gasteiger partial charge in [-0.2, -0.15) is 0 Å². The van der Waals surface area contributed by atoms with Crippen LogP contribution in [-0.4, -0.2) is 18.5 Å². The number of primary amides is 1. The smallest absolute Gasteiger partial charge is 0.318 e. The predicted octanol–water partition coefficient (Wildman–Crippen LogP) is 1.51. The van der Waals surface area contributed by atoms with Crippen LogP contribution in [0.25, 0.3) is 10.1 Å². The molecule has 1 heterocycles. The van der Waals surface area contributed by atoms with Crippen LogP contribution in [0.4, 0.5) is 10.5 Å². The molecule has 1 aromatic carbocycles. The van der Waals surface area contributed by atoms with Gasteiger partial charge in [-0.15, -0.1) is 11.3 Å². The van der Waals surface area contributed by atoms with Crippen LogP contribution in [0.15, 0.2) is 29.6 Å². The number of carbonyl (C=O) groups is 2. The largest absolute Gasteiger partial charge is 0.376 e. The molecule has 1 aromatic heterocycles. The minimum atomic E-state index is -0.843. The van der Waals surface area contributed by atoms with Crippen LogP contribution in [0.2, 0.25) is 0 Å². The van der Waals surface area contributed by atoms with Crippen molar-refractivity contribution in [1.82, 2.24) is 5.32 Å². The Balaban J connectivity index is 1.98. The van der Waals surface area contributed by atoms with Crippen molar-refractivity contribution in [1.29, 1.82) is 0 Å². The first kappa shape index (κ1) is 11.4. The van der Waals surface area contributed by atoms with Crippen LogP contribution in [0, 0.1) is 0 Å². The fraction of sp³-hybridized carbons (Fsp3) is 0.0909. The average Bonchev–Trinajstić information content (AvgIpc) is 2.72. The molecular weight excluding hydrogens is 238 g/mol. The van der Waals surface area contributed by atoms with Crippen LogP contribution in [0.3, 0.4) is 0 Å². The highest BCUT2D eigenvalue weighted by molar-refractivity contribution is 7.17. The van der Waals surface area contributed by atoms with Gasteiger partial charge in [0.2, 0.25) is 5.91 Å². The number of hydrogen-bond acceptors (Lipinski definition) is 4. The van der Waals surface area contributed by atoms with E-state index in [4.69, 9.17) is 5.73 Å². The van der Waals surface area contributed by atoms with Crippen LogP contribution in [-0.2, 0) is 4.79 Å². The number of rotatable bonds is 3. The van der Waals surface area contributed by atoms with Crippen molar-refractivity contribution in [3.05, 3.63) is 29.6 Å². The van der Waals surface area contributed by atoms with Crippen LogP contribution < -0.4 is 16.4 Å². The van der Waals surface area contributed by atoms with E-state index in [1.54, 1.807) is 11.3 Å². The summed E-state index contributed by atoms with van der Waals surface area (Å²) >= 11 is 1.66. The number of imide groups is 1. The number of anilines is 1. The molecule has 0 aliphatic carbocycles. The normalized spacial score (nSPS) is 10.1. The molecule has 0 spiro atoms. The molecule has 0 atom stereocenters. The molecular formula is C11H11N3O2S. The van der Waals surface area contributed by atoms with Gasteiger partial charge in [0.05, 0.1) is 6.54 Å². The Kier molecular flexibility index (Phi) is 3.24. The fourth-order valence-electron chi connectivity index (χ4n) is 1.44. The van der Waals surface area contributed by atoms with Crippen molar-refractivity contribution in [2.45, 2.75) is 0 Å². The molecule has 4 N–H and O–H groups in total. The van der Waals surface area contributed by atoms with Gasteiger partial charge in [-0.1, -0.05) is 0 Å². The van der Waals surface area contributed by atoms with E-state index < -0.39 is 11.9 Å². The molecule has 0 fully saturated rings. The van der Waals surface area contributed by atoms with Gasteiger partial charge in [0.25, 0.3) is 0 Å². The Bertz CT molecular complexity index is 565. The maximum Gasteiger partial charge on any atom is 0.318 e. The van der Waals surface area contributed by atoms with Crippen molar-refractivity contribution < 1.29 is 9.59 Å². The highest BCUT2D eigenvalue weighted by Gasteiger charge is 2.04. The molecule has 17 heavy (non-hydrogen) atoms. The highest BCUT2D eigenvalue weighted by atomic mass is 32.1. The van der Waals surface area contributed by atoms with Crippen molar-refractivity contribution >= 4 is 39.0 Å². The number of nitrogens with two attached hydrogens (primary N) is 1. The van der Waals surface area contributed by atoms with Gasteiger partial charge in [0.15, 0.2) is 0 Å². The maximum absolute atomic E-state index is 11.2. The lowest BCUT2D eigenvalue weighted by Gasteiger charge is -2.05. The minimum Gasteiger partial charge on any atom is -0.376 e. The molecule has 0 aliphatic rings. The van der Waals surface area contributed by atoms with Gasteiger partial charge in [0, 0.05) is 10.4 Å². The van der Waals surface area contributed by atoms with Crippen molar-refractivity contribution in [2.24, 2.45) is 5.73 Å². The third kappa shape index (κ3) is 2.94. The van der Waals surface area contributed by atoms with E-state index in [1.165, 1.54) is 4.70 Å². The maximum atomic E-state index is 11.2. The second-order valence-electron chi connectivity index (χ2n) is 3.44.